The Morgan fingerprint density at radius 2 is 2.17 bits per heavy atom. The molecule has 68 valence electrons. The van der Waals surface area contributed by atoms with Crippen molar-refractivity contribution in [3.8, 4) is 0 Å². The third kappa shape index (κ3) is 2.27. The Morgan fingerprint density at radius 3 is 2.67 bits per heavy atom. The summed E-state index contributed by atoms with van der Waals surface area (Å²) in [6, 6.07) is 3.67. The zero-order chi connectivity index (χ0) is 9.19. The fourth-order valence-electron chi connectivity index (χ4n) is 0.908. The van der Waals surface area contributed by atoms with E-state index >= 15 is 0 Å². The van der Waals surface area contributed by atoms with Crippen LogP contribution in [0.5, 0.6) is 0 Å². The van der Waals surface area contributed by atoms with E-state index in [9.17, 15) is 0 Å². The van der Waals surface area contributed by atoms with Crippen molar-refractivity contribution in [2.45, 2.75) is 33.0 Å². The molecule has 0 fully saturated rings. The first-order valence-electron chi connectivity index (χ1n) is 3.99. The van der Waals surface area contributed by atoms with Gasteiger partial charge in [-0.3, -0.25) is 0 Å². The number of hydrogen-bond acceptors (Lipinski definition) is 2. The third-order valence-corrected chi connectivity index (χ3v) is 1.33. The highest BCUT2D eigenvalue weighted by atomic mass is 16.7. The van der Waals surface area contributed by atoms with Gasteiger partial charge in [-0.25, -0.2) is 0 Å². The standard InChI is InChI=1S/C9H15NO2/c1-9(2,3)12-10-6-4-5-8(10)7-11/h4-6,11H,7H2,1-3H3. The van der Waals surface area contributed by atoms with Crippen LogP contribution in [0.25, 0.3) is 0 Å². The molecule has 0 amide bonds. The molecule has 3 nitrogen and oxygen atoms in total. The van der Waals surface area contributed by atoms with Gasteiger partial charge in [-0.05, 0) is 32.9 Å². The number of aromatic nitrogens is 1. The minimum Gasteiger partial charge on any atom is -0.408 e. The molecule has 0 saturated heterocycles. The lowest BCUT2D eigenvalue weighted by Crippen LogP contribution is -2.31. The zero-order valence-corrected chi connectivity index (χ0v) is 7.74. The predicted molar refractivity (Wildman–Crippen MR) is 46.7 cm³/mol. The SMILES string of the molecule is CC(C)(C)On1cccc1CO. The smallest absolute Gasteiger partial charge is 0.127 e. The molecule has 0 radical (unpaired) electrons. The highest BCUT2D eigenvalue weighted by molar-refractivity contribution is 5.04. The summed E-state index contributed by atoms with van der Waals surface area (Å²) in [5, 5.41) is 8.90. The maximum absolute atomic E-state index is 8.90. The molecule has 1 aromatic heterocycles. The first-order chi connectivity index (χ1) is 5.53. The lowest BCUT2D eigenvalue weighted by atomic mass is 10.2. The quantitative estimate of drug-likeness (QED) is 0.722. The highest BCUT2D eigenvalue weighted by Crippen LogP contribution is 2.07. The minimum absolute atomic E-state index is 0.00306. The molecule has 0 bridgehead atoms. The Hall–Kier alpha value is -0.960. The molecule has 1 N–H and O–H groups in total. The number of nitrogens with zero attached hydrogens (tertiary/aromatic N) is 1. The molecular formula is C9H15NO2. The molecule has 0 saturated carbocycles. The second-order valence-electron chi connectivity index (χ2n) is 3.69. The third-order valence-electron chi connectivity index (χ3n) is 1.33. The maximum Gasteiger partial charge on any atom is 0.127 e. The predicted octanol–water partition coefficient (Wildman–Crippen LogP) is 1.21. The van der Waals surface area contributed by atoms with E-state index < -0.39 is 0 Å². The molecule has 12 heavy (non-hydrogen) atoms. The van der Waals surface area contributed by atoms with E-state index in [0.29, 0.717) is 0 Å². The molecule has 0 atom stereocenters. The van der Waals surface area contributed by atoms with Crippen molar-refractivity contribution in [1.82, 2.24) is 4.73 Å². The van der Waals surface area contributed by atoms with Crippen LogP contribution in [0.2, 0.25) is 0 Å². The van der Waals surface area contributed by atoms with Crippen molar-refractivity contribution < 1.29 is 9.94 Å². The van der Waals surface area contributed by atoms with Gasteiger partial charge in [0.15, 0.2) is 0 Å². The van der Waals surface area contributed by atoms with E-state index in [1.807, 2.05) is 32.9 Å². The van der Waals surface area contributed by atoms with Gasteiger partial charge in [0.2, 0.25) is 0 Å². The number of rotatable bonds is 2. The highest BCUT2D eigenvalue weighted by Gasteiger charge is 2.13. The number of hydrogen-bond donors (Lipinski definition) is 1. The molecule has 0 aliphatic carbocycles. The normalized spacial score (nSPS) is 11.7. The summed E-state index contributed by atoms with van der Waals surface area (Å²) in [6.45, 7) is 5.90. The maximum atomic E-state index is 8.90. The van der Waals surface area contributed by atoms with Gasteiger partial charge in [-0.2, -0.15) is 4.73 Å². The van der Waals surface area contributed by atoms with Gasteiger partial charge >= 0.3 is 0 Å². The summed E-state index contributed by atoms with van der Waals surface area (Å²) in [5.74, 6) is 0. The lowest BCUT2D eigenvalue weighted by Gasteiger charge is -2.22. The average Bonchev–Trinajstić information content (AvgIpc) is 2.31. The van der Waals surface area contributed by atoms with Gasteiger partial charge in [0.1, 0.15) is 5.60 Å². The molecule has 3 heteroatoms. The van der Waals surface area contributed by atoms with Crippen LogP contribution in [0.4, 0.5) is 0 Å². The second-order valence-corrected chi connectivity index (χ2v) is 3.69. The molecule has 0 unspecified atom stereocenters. The van der Waals surface area contributed by atoms with Crippen LogP contribution in [-0.2, 0) is 6.61 Å². The molecule has 0 aromatic carbocycles. The second kappa shape index (κ2) is 3.19. The lowest BCUT2D eigenvalue weighted by molar-refractivity contribution is -0.0221. The van der Waals surface area contributed by atoms with Crippen molar-refractivity contribution in [1.29, 1.82) is 0 Å². The molecule has 1 heterocycles. The topological polar surface area (TPSA) is 34.4 Å². The number of aliphatic hydroxyl groups is 1. The zero-order valence-electron chi connectivity index (χ0n) is 7.74. The molecule has 1 aromatic rings. The Kier molecular flexibility index (Phi) is 2.43. The van der Waals surface area contributed by atoms with Crippen LogP contribution in [0.1, 0.15) is 26.5 Å². The van der Waals surface area contributed by atoms with Gasteiger partial charge in [0, 0.05) is 6.20 Å². The summed E-state index contributed by atoms with van der Waals surface area (Å²) in [7, 11) is 0. The monoisotopic (exact) mass is 169 g/mol. The van der Waals surface area contributed by atoms with Crippen LogP contribution in [0.3, 0.4) is 0 Å². The Bertz CT molecular complexity index is 247. The van der Waals surface area contributed by atoms with Crippen LogP contribution in [0.15, 0.2) is 18.3 Å². The summed E-state index contributed by atoms with van der Waals surface area (Å²) in [6.07, 6.45) is 1.79. The fraction of sp³-hybridized carbons (Fsp3) is 0.556. The van der Waals surface area contributed by atoms with Crippen molar-refractivity contribution >= 4 is 0 Å². The van der Waals surface area contributed by atoms with E-state index in [4.69, 9.17) is 9.94 Å². The summed E-state index contributed by atoms with van der Waals surface area (Å²) < 4.78 is 1.60. The van der Waals surface area contributed by atoms with Gasteiger partial charge in [0.25, 0.3) is 0 Å². The number of aliphatic hydroxyl groups excluding tert-OH is 1. The van der Waals surface area contributed by atoms with Crippen molar-refractivity contribution in [3.63, 3.8) is 0 Å². The van der Waals surface area contributed by atoms with Gasteiger partial charge in [0.05, 0.1) is 12.3 Å². The van der Waals surface area contributed by atoms with Crippen LogP contribution in [-0.4, -0.2) is 15.4 Å². The summed E-state index contributed by atoms with van der Waals surface area (Å²) in [4.78, 5) is 5.52. The van der Waals surface area contributed by atoms with E-state index in [2.05, 4.69) is 0 Å². The van der Waals surface area contributed by atoms with E-state index in [1.165, 1.54) is 0 Å². The molecular weight excluding hydrogens is 154 g/mol. The van der Waals surface area contributed by atoms with Gasteiger partial charge in [-0.15, -0.1) is 0 Å². The molecule has 1 rings (SSSR count). The first-order valence-corrected chi connectivity index (χ1v) is 3.99. The molecule has 0 aliphatic heterocycles. The van der Waals surface area contributed by atoms with Crippen molar-refractivity contribution in [3.05, 3.63) is 24.0 Å². The average molecular weight is 169 g/mol. The summed E-state index contributed by atoms with van der Waals surface area (Å²) >= 11 is 0. The largest absolute Gasteiger partial charge is 0.408 e. The fourth-order valence-corrected chi connectivity index (χ4v) is 0.908. The Balaban J connectivity index is 2.75. The summed E-state index contributed by atoms with van der Waals surface area (Å²) in [5.41, 5.74) is 0.535. The van der Waals surface area contributed by atoms with Crippen LogP contribution < -0.4 is 4.84 Å². The van der Waals surface area contributed by atoms with Crippen LogP contribution >= 0.6 is 0 Å². The molecule has 0 spiro atoms. The van der Waals surface area contributed by atoms with E-state index in [-0.39, 0.29) is 12.2 Å². The van der Waals surface area contributed by atoms with Gasteiger partial charge in [-0.1, -0.05) is 0 Å². The molecule has 0 aliphatic rings. The van der Waals surface area contributed by atoms with E-state index in [0.717, 1.165) is 5.69 Å². The van der Waals surface area contributed by atoms with Gasteiger partial charge < -0.3 is 9.94 Å². The Labute approximate surface area is 72.5 Å². The van der Waals surface area contributed by atoms with E-state index in [1.54, 1.807) is 10.9 Å². The van der Waals surface area contributed by atoms with Crippen molar-refractivity contribution in [2.75, 3.05) is 0 Å². The van der Waals surface area contributed by atoms with Crippen LogP contribution in [0, 0.1) is 0 Å². The minimum atomic E-state index is -0.233. The Morgan fingerprint density at radius 1 is 1.50 bits per heavy atom. The van der Waals surface area contributed by atoms with Crippen molar-refractivity contribution in [2.24, 2.45) is 0 Å². The first kappa shape index (κ1) is 9.13.